The van der Waals surface area contributed by atoms with Crippen LogP contribution in [0, 0.1) is 11.7 Å². The summed E-state index contributed by atoms with van der Waals surface area (Å²) >= 11 is 0. The Labute approximate surface area is 116 Å². The normalized spacial score (nSPS) is 14.1. The van der Waals surface area contributed by atoms with E-state index in [0.29, 0.717) is 35.6 Å². The van der Waals surface area contributed by atoms with E-state index in [2.05, 4.69) is 10.3 Å². The number of halogens is 1. The van der Waals surface area contributed by atoms with Gasteiger partial charge in [-0.1, -0.05) is 12.1 Å². The van der Waals surface area contributed by atoms with Gasteiger partial charge in [0.1, 0.15) is 11.6 Å². The van der Waals surface area contributed by atoms with Crippen molar-refractivity contribution in [3.63, 3.8) is 0 Å². The number of nitrogen functional groups attached to an aromatic ring is 1. The van der Waals surface area contributed by atoms with Crippen LogP contribution >= 0.6 is 0 Å². The average molecular weight is 273 g/mol. The molecule has 0 atom stereocenters. The number of para-hydroxylation sites is 1. The van der Waals surface area contributed by atoms with E-state index >= 15 is 0 Å². The molecule has 1 aliphatic carbocycles. The van der Waals surface area contributed by atoms with Gasteiger partial charge in [0, 0.05) is 0 Å². The second-order valence-corrected chi connectivity index (χ2v) is 4.95. The first-order valence-electron chi connectivity index (χ1n) is 6.63. The molecule has 4 nitrogen and oxygen atoms in total. The molecular weight excluding hydrogens is 257 g/mol. The molecule has 2 aromatic rings. The average Bonchev–Trinajstić information content (AvgIpc) is 3.26. The predicted octanol–water partition coefficient (Wildman–Crippen LogP) is 3.34. The summed E-state index contributed by atoms with van der Waals surface area (Å²) in [5.41, 5.74) is 6.69. The number of benzene rings is 1. The summed E-state index contributed by atoms with van der Waals surface area (Å²) in [6.07, 6.45) is 2.40. The maximum absolute atomic E-state index is 13.6. The Morgan fingerprint density at radius 3 is 2.80 bits per heavy atom. The fourth-order valence-corrected chi connectivity index (χ4v) is 1.82. The van der Waals surface area contributed by atoms with E-state index in [0.717, 1.165) is 0 Å². The highest BCUT2D eigenvalue weighted by atomic mass is 19.1. The quantitative estimate of drug-likeness (QED) is 0.877. The molecule has 1 aliphatic rings. The fourth-order valence-electron chi connectivity index (χ4n) is 1.82. The first-order chi connectivity index (χ1) is 9.72. The Kier molecular flexibility index (Phi) is 3.41. The highest BCUT2D eigenvalue weighted by Crippen LogP contribution is 2.31. The number of pyridine rings is 1. The van der Waals surface area contributed by atoms with Crippen molar-refractivity contribution in [3.05, 3.63) is 42.2 Å². The summed E-state index contributed by atoms with van der Waals surface area (Å²) < 4.78 is 19.2. The summed E-state index contributed by atoms with van der Waals surface area (Å²) in [6, 6.07) is 9.85. The maximum atomic E-state index is 13.6. The molecule has 5 heteroatoms. The van der Waals surface area contributed by atoms with Gasteiger partial charge in [-0.05, 0) is 43.0 Å². The molecule has 0 saturated heterocycles. The van der Waals surface area contributed by atoms with Crippen molar-refractivity contribution in [1.82, 2.24) is 4.98 Å². The smallest absolute Gasteiger partial charge is 0.239 e. The minimum Gasteiger partial charge on any atom is -0.476 e. The van der Waals surface area contributed by atoms with Gasteiger partial charge in [0.25, 0.3) is 0 Å². The third-order valence-corrected chi connectivity index (χ3v) is 3.18. The minimum absolute atomic E-state index is 0.327. The van der Waals surface area contributed by atoms with Crippen LogP contribution in [0.15, 0.2) is 36.4 Å². The molecule has 1 saturated carbocycles. The van der Waals surface area contributed by atoms with Crippen molar-refractivity contribution >= 4 is 17.2 Å². The van der Waals surface area contributed by atoms with Gasteiger partial charge in [0.2, 0.25) is 5.88 Å². The molecule has 0 radical (unpaired) electrons. The van der Waals surface area contributed by atoms with Crippen LogP contribution in [-0.4, -0.2) is 11.6 Å². The summed E-state index contributed by atoms with van der Waals surface area (Å²) in [5, 5.41) is 2.92. The number of nitrogens with one attached hydrogen (secondary N) is 1. The molecule has 1 aromatic carbocycles. The van der Waals surface area contributed by atoms with Crippen LogP contribution in [0.5, 0.6) is 5.88 Å². The third kappa shape index (κ3) is 2.99. The van der Waals surface area contributed by atoms with E-state index in [1.165, 1.54) is 18.9 Å². The van der Waals surface area contributed by atoms with Crippen molar-refractivity contribution in [2.75, 3.05) is 17.7 Å². The lowest BCUT2D eigenvalue weighted by molar-refractivity contribution is 0.290. The molecule has 1 aromatic heterocycles. The second-order valence-electron chi connectivity index (χ2n) is 4.95. The number of ether oxygens (including phenoxy) is 1. The number of hydrogen-bond acceptors (Lipinski definition) is 4. The monoisotopic (exact) mass is 273 g/mol. The molecule has 0 spiro atoms. The first-order valence-corrected chi connectivity index (χ1v) is 6.63. The van der Waals surface area contributed by atoms with E-state index in [9.17, 15) is 4.39 Å². The van der Waals surface area contributed by atoms with E-state index in [-0.39, 0.29) is 5.82 Å². The molecule has 0 bridgehead atoms. The SMILES string of the molecule is Nc1ccc(Nc2ccccc2F)nc1OCC1CC1. The highest BCUT2D eigenvalue weighted by molar-refractivity contribution is 5.61. The predicted molar refractivity (Wildman–Crippen MR) is 76.6 cm³/mol. The molecule has 1 heterocycles. The lowest BCUT2D eigenvalue weighted by Crippen LogP contribution is -2.05. The molecule has 0 unspecified atom stereocenters. The summed E-state index contributed by atoms with van der Waals surface area (Å²) in [6.45, 7) is 0.639. The van der Waals surface area contributed by atoms with E-state index in [1.54, 1.807) is 30.3 Å². The Morgan fingerprint density at radius 2 is 2.05 bits per heavy atom. The zero-order valence-electron chi connectivity index (χ0n) is 11.0. The van der Waals surface area contributed by atoms with Crippen molar-refractivity contribution in [2.45, 2.75) is 12.8 Å². The molecular formula is C15H16FN3O. The van der Waals surface area contributed by atoms with Gasteiger partial charge in [-0.3, -0.25) is 0 Å². The Bertz CT molecular complexity index is 614. The van der Waals surface area contributed by atoms with E-state index < -0.39 is 0 Å². The molecule has 104 valence electrons. The van der Waals surface area contributed by atoms with Gasteiger partial charge in [-0.15, -0.1) is 0 Å². The van der Waals surface area contributed by atoms with Crippen LogP contribution in [0.3, 0.4) is 0 Å². The van der Waals surface area contributed by atoms with Crippen molar-refractivity contribution in [1.29, 1.82) is 0 Å². The van der Waals surface area contributed by atoms with Gasteiger partial charge in [-0.2, -0.15) is 4.98 Å². The van der Waals surface area contributed by atoms with E-state index in [1.807, 2.05) is 0 Å². The number of aromatic nitrogens is 1. The summed E-state index contributed by atoms with van der Waals surface area (Å²) in [4.78, 5) is 4.28. The third-order valence-electron chi connectivity index (χ3n) is 3.18. The molecule has 0 amide bonds. The van der Waals surface area contributed by atoms with Crippen molar-refractivity contribution in [2.24, 2.45) is 5.92 Å². The number of anilines is 3. The van der Waals surface area contributed by atoms with Crippen molar-refractivity contribution < 1.29 is 9.13 Å². The zero-order valence-corrected chi connectivity index (χ0v) is 11.0. The lowest BCUT2D eigenvalue weighted by atomic mass is 10.3. The lowest BCUT2D eigenvalue weighted by Gasteiger charge is -2.11. The minimum atomic E-state index is -0.327. The van der Waals surface area contributed by atoms with Gasteiger partial charge in [0.05, 0.1) is 18.0 Å². The molecule has 1 fully saturated rings. The number of nitrogens with zero attached hydrogens (tertiary/aromatic N) is 1. The Balaban J connectivity index is 1.75. The first kappa shape index (κ1) is 12.7. The second kappa shape index (κ2) is 5.36. The van der Waals surface area contributed by atoms with Crippen LogP contribution in [0.4, 0.5) is 21.6 Å². The van der Waals surface area contributed by atoms with Crippen LogP contribution in [0.25, 0.3) is 0 Å². The Hall–Kier alpha value is -2.30. The van der Waals surface area contributed by atoms with Crippen LogP contribution in [-0.2, 0) is 0 Å². The summed E-state index contributed by atoms with van der Waals surface area (Å²) in [7, 11) is 0. The number of rotatable bonds is 5. The van der Waals surface area contributed by atoms with Crippen LogP contribution in [0.1, 0.15) is 12.8 Å². The van der Waals surface area contributed by atoms with E-state index in [4.69, 9.17) is 10.5 Å². The summed E-state index contributed by atoms with van der Waals surface area (Å²) in [5.74, 6) is 1.21. The van der Waals surface area contributed by atoms with Gasteiger partial charge >= 0.3 is 0 Å². The van der Waals surface area contributed by atoms with Crippen LogP contribution < -0.4 is 15.8 Å². The molecule has 3 rings (SSSR count). The number of nitrogens with two attached hydrogens (primary N) is 1. The topological polar surface area (TPSA) is 60.2 Å². The number of hydrogen-bond donors (Lipinski definition) is 2. The molecule has 20 heavy (non-hydrogen) atoms. The van der Waals surface area contributed by atoms with Gasteiger partial charge in [0.15, 0.2) is 0 Å². The molecule has 0 aliphatic heterocycles. The Morgan fingerprint density at radius 1 is 1.25 bits per heavy atom. The highest BCUT2D eigenvalue weighted by Gasteiger charge is 2.22. The standard InChI is InChI=1S/C15H16FN3O/c16-11-3-1-2-4-13(11)18-14-8-7-12(17)15(19-14)20-9-10-5-6-10/h1-4,7-8,10H,5-6,9,17H2,(H,18,19). The maximum Gasteiger partial charge on any atom is 0.239 e. The van der Waals surface area contributed by atoms with Gasteiger partial charge < -0.3 is 15.8 Å². The largest absolute Gasteiger partial charge is 0.476 e. The van der Waals surface area contributed by atoms with Crippen molar-refractivity contribution in [3.8, 4) is 5.88 Å². The fraction of sp³-hybridized carbons (Fsp3) is 0.267. The zero-order chi connectivity index (χ0) is 13.9. The van der Waals surface area contributed by atoms with Gasteiger partial charge in [-0.25, -0.2) is 4.39 Å². The van der Waals surface area contributed by atoms with Crippen LogP contribution in [0.2, 0.25) is 0 Å². The molecule has 3 N–H and O–H groups in total.